The van der Waals surface area contributed by atoms with Crippen molar-refractivity contribution in [3.05, 3.63) is 53.1 Å². The summed E-state index contributed by atoms with van der Waals surface area (Å²) in [5.74, 6) is 0.211. The number of benzene rings is 1. The van der Waals surface area contributed by atoms with Gasteiger partial charge in [0, 0.05) is 30.9 Å². The molecule has 10 nitrogen and oxygen atoms in total. The van der Waals surface area contributed by atoms with E-state index in [0.717, 1.165) is 56.4 Å². The van der Waals surface area contributed by atoms with Crippen LogP contribution in [0.15, 0.2) is 30.5 Å². The number of imidazole rings is 1. The lowest BCUT2D eigenvalue weighted by molar-refractivity contribution is -0.133. The van der Waals surface area contributed by atoms with E-state index in [-0.39, 0.29) is 23.3 Å². The maximum absolute atomic E-state index is 12.8. The van der Waals surface area contributed by atoms with Gasteiger partial charge in [-0.3, -0.25) is 9.59 Å². The van der Waals surface area contributed by atoms with E-state index >= 15 is 0 Å². The van der Waals surface area contributed by atoms with Crippen LogP contribution in [0.5, 0.6) is 0 Å². The van der Waals surface area contributed by atoms with E-state index in [1.165, 1.54) is 23.8 Å². The average Bonchev–Trinajstić information content (AvgIpc) is 3.47. The van der Waals surface area contributed by atoms with E-state index in [1.807, 2.05) is 17.0 Å². The summed E-state index contributed by atoms with van der Waals surface area (Å²) in [4.78, 5) is 34.2. The third-order valence-electron chi connectivity index (χ3n) is 7.25. The molecule has 0 unspecified atom stereocenters. The van der Waals surface area contributed by atoms with Crippen LogP contribution < -0.4 is 11.1 Å². The number of likely N-dealkylation sites (tertiary alicyclic amines) is 1. The first-order valence-electron chi connectivity index (χ1n) is 13.8. The van der Waals surface area contributed by atoms with Crippen molar-refractivity contribution in [3.63, 3.8) is 0 Å². The van der Waals surface area contributed by atoms with Gasteiger partial charge in [0.05, 0.1) is 39.0 Å². The zero-order chi connectivity index (χ0) is 27.5. The number of amides is 2. The fourth-order valence-corrected chi connectivity index (χ4v) is 5.13. The molecule has 2 heterocycles. The summed E-state index contributed by atoms with van der Waals surface area (Å²) in [6, 6.07) is 8.21. The van der Waals surface area contributed by atoms with Crippen LogP contribution in [0, 0.1) is 11.3 Å². The molecular formula is C29H38N6O4. The van der Waals surface area contributed by atoms with E-state index in [9.17, 15) is 9.59 Å². The summed E-state index contributed by atoms with van der Waals surface area (Å²) in [6.45, 7) is 3.80. The molecule has 2 aliphatic rings. The first kappa shape index (κ1) is 28.5. The van der Waals surface area contributed by atoms with Crippen molar-refractivity contribution in [1.82, 2.24) is 14.9 Å². The van der Waals surface area contributed by atoms with Crippen LogP contribution in [0.25, 0.3) is 5.57 Å². The number of nitrogens with one attached hydrogen (secondary N) is 2. The van der Waals surface area contributed by atoms with Gasteiger partial charge in [-0.15, -0.1) is 0 Å². The summed E-state index contributed by atoms with van der Waals surface area (Å²) in [5.41, 5.74) is 9.89. The highest BCUT2D eigenvalue weighted by molar-refractivity contribution is 6.03. The molecule has 10 heteroatoms. The van der Waals surface area contributed by atoms with Crippen molar-refractivity contribution in [1.29, 1.82) is 5.26 Å². The highest BCUT2D eigenvalue weighted by Gasteiger charge is 2.25. The van der Waals surface area contributed by atoms with Crippen LogP contribution in [0.2, 0.25) is 0 Å². The molecule has 1 saturated heterocycles. The summed E-state index contributed by atoms with van der Waals surface area (Å²) < 4.78 is 10.8. The first-order valence-corrected chi connectivity index (χ1v) is 13.8. The van der Waals surface area contributed by atoms with Gasteiger partial charge >= 0.3 is 0 Å². The molecule has 1 aromatic heterocycles. The number of nitrogens with zero attached hydrogens (tertiary/aromatic N) is 3. The van der Waals surface area contributed by atoms with Crippen molar-refractivity contribution in [2.45, 2.75) is 50.9 Å². The maximum Gasteiger partial charge on any atom is 0.291 e. The Kier molecular flexibility index (Phi) is 10.7. The third-order valence-corrected chi connectivity index (χ3v) is 7.25. The number of aromatic nitrogens is 2. The van der Waals surface area contributed by atoms with E-state index in [1.54, 1.807) is 0 Å². The number of piperidine rings is 1. The predicted molar refractivity (Wildman–Crippen MR) is 148 cm³/mol. The Hall–Kier alpha value is -3.52. The zero-order valence-electron chi connectivity index (χ0n) is 22.4. The number of anilines is 1. The van der Waals surface area contributed by atoms with Crippen molar-refractivity contribution < 1.29 is 19.1 Å². The summed E-state index contributed by atoms with van der Waals surface area (Å²) in [6.07, 6.45) is 10.1. The van der Waals surface area contributed by atoms with Crippen molar-refractivity contribution in [2.24, 2.45) is 5.73 Å². The topological polar surface area (TPSA) is 146 Å². The molecule has 0 spiro atoms. The lowest BCUT2D eigenvalue weighted by atomic mass is 9.85. The number of carbonyl (C=O) groups excluding carboxylic acids is 2. The monoisotopic (exact) mass is 534 g/mol. The number of ether oxygens (including phenoxy) is 2. The SMILES string of the molecule is N#Cc1cnc(C(=O)Nc2ccc(C3CCN(C(=O)CCOCCOCCN)CC3)cc2C2=CCCCC2)[nH]1. The summed E-state index contributed by atoms with van der Waals surface area (Å²) in [7, 11) is 0. The van der Waals surface area contributed by atoms with Gasteiger partial charge < -0.3 is 30.4 Å². The number of rotatable bonds is 12. The largest absolute Gasteiger partial charge is 0.379 e. The van der Waals surface area contributed by atoms with Crippen LogP contribution in [-0.4, -0.2) is 72.7 Å². The van der Waals surface area contributed by atoms with Gasteiger partial charge in [-0.2, -0.15) is 5.26 Å². The number of allylic oxidation sites excluding steroid dienone is 2. The van der Waals surface area contributed by atoms with Crippen molar-refractivity contribution in [2.75, 3.05) is 51.4 Å². The van der Waals surface area contributed by atoms with Crippen LogP contribution in [0.4, 0.5) is 5.69 Å². The molecule has 0 atom stereocenters. The minimum atomic E-state index is -0.374. The van der Waals surface area contributed by atoms with E-state index in [4.69, 9.17) is 20.5 Å². The molecule has 208 valence electrons. The van der Waals surface area contributed by atoms with Crippen LogP contribution in [0.3, 0.4) is 0 Å². The second kappa shape index (κ2) is 14.6. The summed E-state index contributed by atoms with van der Waals surface area (Å²) >= 11 is 0. The zero-order valence-corrected chi connectivity index (χ0v) is 22.4. The number of H-pyrrole nitrogens is 1. The maximum atomic E-state index is 12.8. The van der Waals surface area contributed by atoms with Crippen LogP contribution in [-0.2, 0) is 14.3 Å². The average molecular weight is 535 g/mol. The fourth-order valence-electron chi connectivity index (χ4n) is 5.13. The Morgan fingerprint density at radius 3 is 2.64 bits per heavy atom. The molecule has 39 heavy (non-hydrogen) atoms. The van der Waals surface area contributed by atoms with Gasteiger partial charge in [0.25, 0.3) is 5.91 Å². The molecular weight excluding hydrogens is 496 g/mol. The number of carbonyl (C=O) groups is 2. The molecule has 1 aromatic carbocycles. The van der Waals surface area contributed by atoms with Crippen LogP contribution in [0.1, 0.15) is 78.3 Å². The third kappa shape index (κ3) is 7.99. The number of nitrogens with two attached hydrogens (primary N) is 1. The molecule has 0 bridgehead atoms. The van der Waals surface area contributed by atoms with E-state index in [2.05, 4.69) is 33.5 Å². The number of aromatic amines is 1. The molecule has 0 radical (unpaired) electrons. The fraction of sp³-hybridized carbons (Fsp3) is 0.517. The molecule has 1 aliphatic heterocycles. The van der Waals surface area contributed by atoms with Crippen molar-refractivity contribution in [3.8, 4) is 6.07 Å². The lowest BCUT2D eigenvalue weighted by Gasteiger charge is -2.33. The number of hydrogen-bond donors (Lipinski definition) is 3. The molecule has 2 aromatic rings. The molecule has 1 fully saturated rings. The molecule has 4 N–H and O–H groups in total. The standard InChI is InChI=1S/C29H38N6O4/c30-11-15-39-17-16-38-14-10-27(36)35-12-8-21(9-13-35)23-6-7-26(25(18-23)22-4-2-1-3-5-22)34-29(37)28-32-20-24(19-31)33-28/h4,6-7,18,20-21H,1-3,5,8-17,30H2,(H,32,33)(H,34,37). The molecule has 1 aliphatic carbocycles. The second-order valence-electron chi connectivity index (χ2n) is 9.91. The lowest BCUT2D eigenvalue weighted by Crippen LogP contribution is -2.38. The number of nitriles is 1. The Balaban J connectivity index is 1.36. The number of hydrogen-bond acceptors (Lipinski definition) is 7. The van der Waals surface area contributed by atoms with Gasteiger partial charge in [-0.25, -0.2) is 4.98 Å². The molecule has 4 rings (SSSR count). The predicted octanol–water partition coefficient (Wildman–Crippen LogP) is 3.58. The minimum Gasteiger partial charge on any atom is -0.379 e. The normalized spacial score (nSPS) is 16.0. The highest BCUT2D eigenvalue weighted by atomic mass is 16.5. The van der Waals surface area contributed by atoms with Gasteiger partial charge in [0.2, 0.25) is 5.91 Å². The van der Waals surface area contributed by atoms with Crippen LogP contribution >= 0.6 is 0 Å². The van der Waals surface area contributed by atoms with E-state index in [0.29, 0.717) is 45.3 Å². The van der Waals surface area contributed by atoms with E-state index < -0.39 is 0 Å². The quantitative estimate of drug-likeness (QED) is 0.353. The second-order valence-corrected chi connectivity index (χ2v) is 9.91. The van der Waals surface area contributed by atoms with Gasteiger partial charge in [-0.05, 0) is 67.7 Å². The molecule has 0 saturated carbocycles. The van der Waals surface area contributed by atoms with Gasteiger partial charge in [0.15, 0.2) is 5.82 Å². The Bertz CT molecular complexity index is 1190. The first-order chi connectivity index (χ1) is 19.1. The Morgan fingerprint density at radius 1 is 1.15 bits per heavy atom. The van der Waals surface area contributed by atoms with Gasteiger partial charge in [0.1, 0.15) is 11.8 Å². The Labute approximate surface area is 229 Å². The Morgan fingerprint density at radius 2 is 1.95 bits per heavy atom. The molecule has 2 amide bonds. The van der Waals surface area contributed by atoms with Gasteiger partial charge in [-0.1, -0.05) is 12.1 Å². The minimum absolute atomic E-state index is 0.113. The highest BCUT2D eigenvalue weighted by Crippen LogP contribution is 2.36. The van der Waals surface area contributed by atoms with Crippen molar-refractivity contribution >= 4 is 23.1 Å². The summed E-state index contributed by atoms with van der Waals surface area (Å²) in [5, 5.41) is 12.0. The smallest absolute Gasteiger partial charge is 0.291 e.